The monoisotopic (exact) mass is 357 g/mol. The number of sulfonamides is 1. The van der Waals surface area contributed by atoms with Crippen LogP contribution < -0.4 is 15.2 Å². The summed E-state index contributed by atoms with van der Waals surface area (Å²) in [5, 5.41) is 0. The Labute approximate surface area is 125 Å². The van der Waals surface area contributed by atoms with Crippen LogP contribution in [0, 0.1) is 0 Å². The van der Waals surface area contributed by atoms with E-state index >= 15 is 0 Å². The van der Waals surface area contributed by atoms with Crippen LogP contribution in [-0.2, 0) is 10.0 Å². The predicted molar refractivity (Wildman–Crippen MR) is 80.2 cm³/mol. The molecule has 0 atom stereocenters. The molecule has 0 aliphatic carbocycles. The molecule has 0 aliphatic rings. The summed E-state index contributed by atoms with van der Waals surface area (Å²) in [6.45, 7) is 0. The van der Waals surface area contributed by atoms with E-state index in [0.717, 1.165) is 4.47 Å². The number of nitrogens with one attached hydrogen (secondary N) is 1. The van der Waals surface area contributed by atoms with Gasteiger partial charge >= 0.3 is 0 Å². The van der Waals surface area contributed by atoms with Gasteiger partial charge in [-0.15, -0.1) is 0 Å². The van der Waals surface area contributed by atoms with Crippen LogP contribution in [-0.4, -0.2) is 20.5 Å². The highest BCUT2D eigenvalue weighted by molar-refractivity contribution is 9.10. The van der Waals surface area contributed by atoms with Gasteiger partial charge in [-0.25, -0.2) is 13.4 Å². The minimum atomic E-state index is -3.76. The first-order valence-electron chi connectivity index (χ1n) is 5.50. The van der Waals surface area contributed by atoms with Gasteiger partial charge in [0.2, 0.25) is 0 Å². The lowest BCUT2D eigenvalue weighted by Gasteiger charge is -2.12. The lowest BCUT2D eigenvalue weighted by atomic mass is 10.3. The van der Waals surface area contributed by atoms with E-state index in [2.05, 4.69) is 25.6 Å². The molecule has 0 radical (unpaired) electrons. The van der Waals surface area contributed by atoms with Crippen LogP contribution in [0.2, 0.25) is 0 Å². The molecule has 0 saturated heterocycles. The number of nitrogen functional groups attached to an aromatic ring is 1. The quantitative estimate of drug-likeness (QED) is 0.874. The minimum absolute atomic E-state index is 0.0343. The third kappa shape index (κ3) is 3.20. The molecule has 0 spiro atoms. The molecule has 6 nitrogen and oxygen atoms in total. The molecule has 2 rings (SSSR count). The van der Waals surface area contributed by atoms with Gasteiger partial charge in [-0.3, -0.25) is 4.72 Å². The highest BCUT2D eigenvalue weighted by Crippen LogP contribution is 2.30. The number of halogens is 1. The molecular weight excluding hydrogens is 346 g/mol. The van der Waals surface area contributed by atoms with E-state index in [1.54, 1.807) is 18.2 Å². The number of aromatic nitrogens is 1. The number of methoxy groups -OCH3 is 1. The zero-order chi connectivity index (χ0) is 14.8. The molecule has 0 bridgehead atoms. The van der Waals surface area contributed by atoms with E-state index in [1.165, 1.54) is 25.4 Å². The summed E-state index contributed by atoms with van der Waals surface area (Å²) in [6, 6.07) is 7.67. The van der Waals surface area contributed by atoms with E-state index in [9.17, 15) is 8.42 Å². The van der Waals surface area contributed by atoms with E-state index in [4.69, 9.17) is 10.5 Å². The number of rotatable bonds is 4. The van der Waals surface area contributed by atoms with Gasteiger partial charge in [0.15, 0.2) is 0 Å². The Balaban J connectivity index is 2.40. The van der Waals surface area contributed by atoms with Crippen molar-refractivity contribution in [2.24, 2.45) is 0 Å². The van der Waals surface area contributed by atoms with Crippen LogP contribution in [0.1, 0.15) is 0 Å². The van der Waals surface area contributed by atoms with E-state index < -0.39 is 10.0 Å². The molecule has 3 N–H and O–H groups in total. The van der Waals surface area contributed by atoms with Gasteiger partial charge in [0.05, 0.1) is 17.7 Å². The molecular formula is C12H12BrN3O3S. The number of hydrogen-bond donors (Lipinski definition) is 2. The second kappa shape index (κ2) is 5.68. The van der Waals surface area contributed by atoms with Crippen molar-refractivity contribution in [2.45, 2.75) is 4.90 Å². The van der Waals surface area contributed by atoms with Crippen LogP contribution in [0.25, 0.3) is 0 Å². The van der Waals surface area contributed by atoms with E-state index in [1.807, 2.05) is 0 Å². The third-order valence-corrected chi connectivity index (χ3v) is 4.33. The number of ether oxygens (including phenoxy) is 1. The molecule has 0 amide bonds. The average molecular weight is 358 g/mol. The van der Waals surface area contributed by atoms with Crippen molar-refractivity contribution in [3.8, 4) is 5.75 Å². The molecule has 20 heavy (non-hydrogen) atoms. The molecule has 0 saturated carbocycles. The van der Waals surface area contributed by atoms with Gasteiger partial charge in [-0.1, -0.05) is 15.9 Å². The standard InChI is InChI=1S/C12H12BrN3O3S/c1-19-11-3-2-8(13)6-10(11)16-20(17,18)9-4-5-15-12(14)7-9/h2-7,16H,1H3,(H2,14,15). The summed E-state index contributed by atoms with van der Waals surface area (Å²) in [7, 11) is -2.29. The van der Waals surface area contributed by atoms with Crippen molar-refractivity contribution in [1.82, 2.24) is 4.98 Å². The van der Waals surface area contributed by atoms with Crippen LogP contribution in [0.5, 0.6) is 5.75 Å². The van der Waals surface area contributed by atoms with Crippen LogP contribution in [0.15, 0.2) is 45.9 Å². The number of benzene rings is 1. The smallest absolute Gasteiger partial charge is 0.262 e. The van der Waals surface area contributed by atoms with Gasteiger partial charge in [-0.05, 0) is 24.3 Å². The van der Waals surface area contributed by atoms with Gasteiger partial charge in [0.1, 0.15) is 11.6 Å². The zero-order valence-electron chi connectivity index (χ0n) is 10.5. The maximum absolute atomic E-state index is 12.3. The molecule has 1 aromatic heterocycles. The Bertz CT molecular complexity index is 734. The Morgan fingerprint density at radius 2 is 2.05 bits per heavy atom. The fourth-order valence-corrected chi connectivity index (χ4v) is 3.00. The molecule has 106 valence electrons. The second-order valence-electron chi connectivity index (χ2n) is 3.87. The van der Waals surface area contributed by atoms with Crippen molar-refractivity contribution in [1.29, 1.82) is 0 Å². The van der Waals surface area contributed by atoms with Gasteiger partial charge in [0.25, 0.3) is 10.0 Å². The number of hydrogen-bond acceptors (Lipinski definition) is 5. The molecule has 0 unspecified atom stereocenters. The number of anilines is 2. The number of nitrogens with zero attached hydrogens (tertiary/aromatic N) is 1. The van der Waals surface area contributed by atoms with Crippen molar-refractivity contribution in [3.63, 3.8) is 0 Å². The first-order valence-corrected chi connectivity index (χ1v) is 7.78. The van der Waals surface area contributed by atoms with Crippen molar-refractivity contribution in [2.75, 3.05) is 17.6 Å². The fraction of sp³-hybridized carbons (Fsp3) is 0.0833. The highest BCUT2D eigenvalue weighted by atomic mass is 79.9. The summed E-state index contributed by atoms with van der Waals surface area (Å²) in [6.07, 6.45) is 1.34. The summed E-state index contributed by atoms with van der Waals surface area (Å²) >= 11 is 3.28. The van der Waals surface area contributed by atoms with Gasteiger partial charge < -0.3 is 10.5 Å². The van der Waals surface area contributed by atoms with Gasteiger partial charge in [0, 0.05) is 16.7 Å². The fourth-order valence-electron chi connectivity index (χ4n) is 1.56. The number of pyridine rings is 1. The Morgan fingerprint density at radius 1 is 1.30 bits per heavy atom. The Hall–Kier alpha value is -1.80. The van der Waals surface area contributed by atoms with Gasteiger partial charge in [-0.2, -0.15) is 0 Å². The summed E-state index contributed by atoms with van der Waals surface area (Å²) in [5.41, 5.74) is 5.82. The molecule has 1 heterocycles. The zero-order valence-corrected chi connectivity index (χ0v) is 12.9. The average Bonchev–Trinajstić information content (AvgIpc) is 2.38. The van der Waals surface area contributed by atoms with Crippen molar-refractivity contribution >= 4 is 37.5 Å². The third-order valence-electron chi connectivity index (χ3n) is 2.47. The molecule has 0 aliphatic heterocycles. The summed E-state index contributed by atoms with van der Waals surface area (Å²) < 4.78 is 32.8. The topological polar surface area (TPSA) is 94.3 Å². The van der Waals surface area contributed by atoms with Crippen LogP contribution in [0.4, 0.5) is 11.5 Å². The normalized spacial score (nSPS) is 11.1. The predicted octanol–water partition coefficient (Wildman–Crippen LogP) is 2.24. The largest absolute Gasteiger partial charge is 0.495 e. The van der Waals surface area contributed by atoms with Crippen LogP contribution in [0.3, 0.4) is 0 Å². The van der Waals surface area contributed by atoms with Crippen molar-refractivity contribution < 1.29 is 13.2 Å². The molecule has 2 aromatic rings. The molecule has 1 aromatic carbocycles. The second-order valence-corrected chi connectivity index (χ2v) is 6.46. The molecule has 8 heteroatoms. The van der Waals surface area contributed by atoms with E-state index in [0.29, 0.717) is 11.4 Å². The maximum atomic E-state index is 12.3. The number of nitrogens with two attached hydrogens (primary N) is 1. The summed E-state index contributed by atoms with van der Waals surface area (Å²) in [5.74, 6) is 0.549. The van der Waals surface area contributed by atoms with Crippen LogP contribution >= 0.6 is 15.9 Å². The SMILES string of the molecule is COc1ccc(Br)cc1NS(=O)(=O)c1ccnc(N)c1. The first-order chi connectivity index (χ1) is 9.42. The Kier molecular flexibility index (Phi) is 4.15. The highest BCUT2D eigenvalue weighted by Gasteiger charge is 2.17. The lowest BCUT2D eigenvalue weighted by Crippen LogP contribution is -2.14. The summed E-state index contributed by atoms with van der Waals surface area (Å²) in [4.78, 5) is 3.80. The van der Waals surface area contributed by atoms with E-state index in [-0.39, 0.29) is 10.7 Å². The lowest BCUT2D eigenvalue weighted by molar-refractivity contribution is 0.417. The maximum Gasteiger partial charge on any atom is 0.262 e. The van der Waals surface area contributed by atoms with Crippen molar-refractivity contribution in [3.05, 3.63) is 41.0 Å². The molecule has 0 fully saturated rings. The minimum Gasteiger partial charge on any atom is -0.495 e. The first kappa shape index (κ1) is 14.6. The Morgan fingerprint density at radius 3 is 2.70 bits per heavy atom.